The molecule has 3 nitrogen and oxygen atoms in total. The fourth-order valence-corrected chi connectivity index (χ4v) is 3.71. The van der Waals surface area contributed by atoms with Gasteiger partial charge < -0.3 is 0 Å². The fourth-order valence-electron chi connectivity index (χ4n) is 1.53. The summed E-state index contributed by atoms with van der Waals surface area (Å²) in [5.74, 6) is 0. The number of nitrogens with one attached hydrogen (secondary N) is 1. The summed E-state index contributed by atoms with van der Waals surface area (Å²) >= 11 is 7.46. The van der Waals surface area contributed by atoms with E-state index in [1.165, 1.54) is 11.3 Å². The van der Waals surface area contributed by atoms with Crippen LogP contribution in [0.25, 0.3) is 0 Å². The van der Waals surface area contributed by atoms with E-state index in [4.69, 9.17) is 11.6 Å². The lowest BCUT2D eigenvalue weighted by atomic mass is 10.2. The Morgan fingerprint density at radius 2 is 2.11 bits per heavy atom. The summed E-state index contributed by atoms with van der Waals surface area (Å²) < 4.78 is 26.8. The van der Waals surface area contributed by atoms with Crippen LogP contribution in [0.4, 0.5) is 0 Å². The first-order valence-corrected chi connectivity index (χ1v) is 8.07. The molecule has 6 heteroatoms. The Labute approximate surface area is 115 Å². The van der Waals surface area contributed by atoms with Crippen LogP contribution in [-0.2, 0) is 16.6 Å². The highest BCUT2D eigenvalue weighted by Gasteiger charge is 2.17. The second kappa shape index (κ2) is 5.40. The predicted octanol–water partition coefficient (Wildman–Crippen LogP) is 3.19. The van der Waals surface area contributed by atoms with Gasteiger partial charge in [0.15, 0.2) is 0 Å². The molecule has 1 N–H and O–H groups in total. The Hall–Kier alpha value is -0.880. The molecule has 0 aliphatic heterocycles. The number of hydrogen-bond donors (Lipinski definition) is 1. The zero-order valence-corrected chi connectivity index (χ0v) is 12.1. The zero-order chi connectivity index (χ0) is 13.2. The molecule has 0 saturated heterocycles. The molecule has 0 saturated carbocycles. The zero-order valence-electron chi connectivity index (χ0n) is 9.68. The molecule has 96 valence electrons. The molecule has 2 rings (SSSR count). The summed E-state index contributed by atoms with van der Waals surface area (Å²) in [5, 5.41) is 4.27. The molecular formula is C12H12ClNO2S2. The van der Waals surface area contributed by atoms with Crippen molar-refractivity contribution in [1.29, 1.82) is 0 Å². The first-order valence-electron chi connectivity index (χ1n) is 5.26. The van der Waals surface area contributed by atoms with Crippen molar-refractivity contribution in [2.24, 2.45) is 0 Å². The van der Waals surface area contributed by atoms with Gasteiger partial charge in [0.2, 0.25) is 10.0 Å². The van der Waals surface area contributed by atoms with Crippen LogP contribution in [0.2, 0.25) is 5.02 Å². The van der Waals surface area contributed by atoms with E-state index in [1.54, 1.807) is 25.1 Å². The third-order valence-corrected chi connectivity index (χ3v) is 5.24. The van der Waals surface area contributed by atoms with Gasteiger partial charge in [0.05, 0.1) is 4.90 Å². The van der Waals surface area contributed by atoms with Crippen LogP contribution in [0.15, 0.2) is 39.9 Å². The van der Waals surface area contributed by atoms with Crippen molar-refractivity contribution in [3.05, 3.63) is 51.2 Å². The summed E-state index contributed by atoms with van der Waals surface area (Å²) in [6.07, 6.45) is 0. The second-order valence-corrected chi connectivity index (χ2v) is 6.74. The molecule has 1 heterocycles. The smallest absolute Gasteiger partial charge is 0.207 e. The Morgan fingerprint density at radius 1 is 1.33 bits per heavy atom. The van der Waals surface area contributed by atoms with Crippen LogP contribution in [0.3, 0.4) is 0 Å². The highest BCUT2D eigenvalue weighted by Crippen LogP contribution is 2.22. The maximum atomic E-state index is 12.1. The SMILES string of the molecule is Cc1c(Cl)cccc1S(=O)(=O)NCc1ccsc1. The van der Waals surface area contributed by atoms with Crippen LogP contribution < -0.4 is 4.72 Å². The van der Waals surface area contributed by atoms with Gasteiger partial charge in [0.1, 0.15) is 0 Å². The van der Waals surface area contributed by atoms with E-state index in [-0.39, 0.29) is 11.4 Å². The summed E-state index contributed by atoms with van der Waals surface area (Å²) in [7, 11) is -3.52. The number of sulfonamides is 1. The largest absolute Gasteiger partial charge is 0.241 e. The van der Waals surface area contributed by atoms with E-state index in [0.29, 0.717) is 10.6 Å². The van der Waals surface area contributed by atoms with E-state index in [0.717, 1.165) is 5.56 Å². The summed E-state index contributed by atoms with van der Waals surface area (Å²) in [4.78, 5) is 0.227. The van der Waals surface area contributed by atoms with E-state index < -0.39 is 10.0 Å². The topological polar surface area (TPSA) is 46.2 Å². The summed E-state index contributed by atoms with van der Waals surface area (Å²) in [6.45, 7) is 1.99. The normalized spacial score (nSPS) is 11.7. The minimum atomic E-state index is -3.52. The van der Waals surface area contributed by atoms with E-state index in [9.17, 15) is 8.42 Å². The molecule has 1 aromatic heterocycles. The molecule has 0 amide bonds. The molecule has 0 aliphatic carbocycles. The monoisotopic (exact) mass is 301 g/mol. The molecule has 0 aliphatic rings. The van der Waals surface area contributed by atoms with Gasteiger partial charge in [-0.1, -0.05) is 17.7 Å². The molecule has 0 atom stereocenters. The Bertz CT molecular complexity index is 636. The highest BCUT2D eigenvalue weighted by atomic mass is 35.5. The maximum absolute atomic E-state index is 12.1. The van der Waals surface area contributed by atoms with Gasteiger partial charge in [0, 0.05) is 11.6 Å². The van der Waals surface area contributed by atoms with Gasteiger partial charge in [-0.2, -0.15) is 11.3 Å². The van der Waals surface area contributed by atoms with Crippen molar-refractivity contribution in [2.45, 2.75) is 18.4 Å². The maximum Gasteiger partial charge on any atom is 0.241 e. The lowest BCUT2D eigenvalue weighted by Gasteiger charge is -2.09. The van der Waals surface area contributed by atoms with Crippen LogP contribution in [0.1, 0.15) is 11.1 Å². The molecule has 2 aromatic rings. The molecule has 0 unspecified atom stereocenters. The van der Waals surface area contributed by atoms with Crippen molar-refractivity contribution in [3.63, 3.8) is 0 Å². The number of thiophene rings is 1. The third-order valence-electron chi connectivity index (χ3n) is 2.55. The fraction of sp³-hybridized carbons (Fsp3) is 0.167. The van der Waals surface area contributed by atoms with Crippen molar-refractivity contribution in [2.75, 3.05) is 0 Å². The number of halogens is 1. The summed E-state index contributed by atoms with van der Waals surface area (Å²) in [5.41, 5.74) is 1.51. The van der Waals surface area contributed by atoms with Gasteiger partial charge in [-0.3, -0.25) is 0 Å². The first-order chi connectivity index (χ1) is 8.50. The first kappa shape index (κ1) is 13.5. The van der Waals surface area contributed by atoms with Crippen molar-refractivity contribution >= 4 is 33.0 Å². The van der Waals surface area contributed by atoms with Gasteiger partial charge in [-0.05, 0) is 47.0 Å². The van der Waals surface area contributed by atoms with E-state index >= 15 is 0 Å². The molecule has 0 spiro atoms. The Morgan fingerprint density at radius 3 is 2.78 bits per heavy atom. The molecule has 0 fully saturated rings. The van der Waals surface area contributed by atoms with Crippen LogP contribution in [-0.4, -0.2) is 8.42 Å². The van der Waals surface area contributed by atoms with Gasteiger partial charge in [0.25, 0.3) is 0 Å². The predicted molar refractivity (Wildman–Crippen MR) is 74.5 cm³/mol. The quantitative estimate of drug-likeness (QED) is 0.942. The van der Waals surface area contributed by atoms with Gasteiger partial charge in [-0.15, -0.1) is 0 Å². The van der Waals surface area contributed by atoms with Gasteiger partial charge >= 0.3 is 0 Å². The van der Waals surface area contributed by atoms with Crippen molar-refractivity contribution in [3.8, 4) is 0 Å². The molecular weight excluding hydrogens is 290 g/mol. The second-order valence-electron chi connectivity index (χ2n) is 3.82. The number of benzene rings is 1. The molecule has 18 heavy (non-hydrogen) atoms. The average Bonchev–Trinajstić information content (AvgIpc) is 2.83. The minimum Gasteiger partial charge on any atom is -0.207 e. The summed E-state index contributed by atoms with van der Waals surface area (Å²) in [6, 6.07) is 6.75. The van der Waals surface area contributed by atoms with Crippen LogP contribution in [0, 0.1) is 6.92 Å². The van der Waals surface area contributed by atoms with Crippen molar-refractivity contribution < 1.29 is 8.42 Å². The van der Waals surface area contributed by atoms with Crippen LogP contribution in [0.5, 0.6) is 0 Å². The Kier molecular flexibility index (Phi) is 4.07. The lowest BCUT2D eigenvalue weighted by Crippen LogP contribution is -2.23. The van der Waals surface area contributed by atoms with E-state index in [1.807, 2.05) is 16.8 Å². The molecule has 0 radical (unpaired) electrons. The molecule has 0 bridgehead atoms. The lowest BCUT2D eigenvalue weighted by molar-refractivity contribution is 0.581. The van der Waals surface area contributed by atoms with Gasteiger partial charge in [-0.25, -0.2) is 13.1 Å². The van der Waals surface area contributed by atoms with Crippen molar-refractivity contribution in [1.82, 2.24) is 4.72 Å². The van der Waals surface area contributed by atoms with Crippen LogP contribution >= 0.6 is 22.9 Å². The number of hydrogen-bond acceptors (Lipinski definition) is 3. The highest BCUT2D eigenvalue weighted by molar-refractivity contribution is 7.89. The number of rotatable bonds is 4. The minimum absolute atomic E-state index is 0.227. The molecule has 1 aromatic carbocycles. The standard InChI is InChI=1S/C12H12ClNO2S2/c1-9-11(13)3-2-4-12(9)18(15,16)14-7-10-5-6-17-8-10/h2-6,8,14H,7H2,1H3. The van der Waals surface area contributed by atoms with E-state index in [2.05, 4.69) is 4.72 Å². The third kappa shape index (κ3) is 2.92. The average molecular weight is 302 g/mol. The Balaban J connectivity index is 2.23.